The van der Waals surface area contributed by atoms with Gasteiger partial charge in [-0.15, -0.1) is 11.6 Å². The predicted octanol–water partition coefficient (Wildman–Crippen LogP) is 3.14. The Balaban J connectivity index is 2.15. The number of rotatable bonds is 2. The third kappa shape index (κ3) is 3.66. The number of benzene rings is 1. The average Bonchev–Trinajstić information content (AvgIpc) is 2.40. The van der Waals surface area contributed by atoms with Gasteiger partial charge in [-0.1, -0.05) is 17.9 Å². The number of aryl methyl sites for hydroxylation is 1. The summed E-state index contributed by atoms with van der Waals surface area (Å²) in [6.45, 7) is 3.54. The van der Waals surface area contributed by atoms with E-state index in [0.29, 0.717) is 12.5 Å². The van der Waals surface area contributed by atoms with Gasteiger partial charge in [0.05, 0.1) is 18.1 Å². The molecule has 0 saturated carbocycles. The van der Waals surface area contributed by atoms with Crippen molar-refractivity contribution in [3.8, 4) is 17.6 Å². The second-order valence-electron chi connectivity index (χ2n) is 4.39. The topological polar surface area (TPSA) is 18.5 Å². The van der Waals surface area contributed by atoms with Crippen molar-refractivity contribution in [3.63, 3.8) is 0 Å². The standard InChI is InChI=1S/C15H17ClO2/c1-12-6-7-15(13(10-12)4-2-8-16)18-14-5-3-9-17-11-14/h6-7,10,14H,3,5,8-9,11H2,1H3. The Kier molecular flexibility index (Phi) is 4.92. The van der Waals surface area contributed by atoms with E-state index in [4.69, 9.17) is 21.1 Å². The first-order chi connectivity index (χ1) is 8.79. The number of alkyl halides is 1. The molecular formula is C15H17ClO2. The van der Waals surface area contributed by atoms with Crippen LogP contribution < -0.4 is 4.74 Å². The van der Waals surface area contributed by atoms with Crippen LogP contribution in [0.15, 0.2) is 18.2 Å². The van der Waals surface area contributed by atoms with Crippen molar-refractivity contribution in [1.82, 2.24) is 0 Å². The van der Waals surface area contributed by atoms with Crippen molar-refractivity contribution in [3.05, 3.63) is 29.3 Å². The summed E-state index contributed by atoms with van der Waals surface area (Å²) in [6, 6.07) is 6.03. The maximum Gasteiger partial charge on any atom is 0.135 e. The Morgan fingerprint density at radius 1 is 1.50 bits per heavy atom. The Morgan fingerprint density at radius 3 is 3.11 bits per heavy atom. The first-order valence-electron chi connectivity index (χ1n) is 6.19. The lowest BCUT2D eigenvalue weighted by Crippen LogP contribution is -2.28. The fourth-order valence-corrected chi connectivity index (χ4v) is 2.02. The van der Waals surface area contributed by atoms with Gasteiger partial charge < -0.3 is 9.47 Å². The molecule has 0 amide bonds. The minimum Gasteiger partial charge on any atom is -0.487 e. The third-order valence-electron chi connectivity index (χ3n) is 2.84. The van der Waals surface area contributed by atoms with Gasteiger partial charge in [0.1, 0.15) is 11.9 Å². The lowest BCUT2D eigenvalue weighted by Gasteiger charge is -2.24. The van der Waals surface area contributed by atoms with E-state index in [1.165, 1.54) is 5.56 Å². The normalized spacial score (nSPS) is 18.9. The van der Waals surface area contributed by atoms with Crippen molar-refractivity contribution < 1.29 is 9.47 Å². The molecule has 3 heteroatoms. The fourth-order valence-electron chi connectivity index (χ4n) is 1.96. The minimum atomic E-state index is 0.137. The van der Waals surface area contributed by atoms with Gasteiger partial charge in [0.15, 0.2) is 0 Å². The molecule has 1 atom stereocenters. The molecule has 2 rings (SSSR count). The lowest BCUT2D eigenvalue weighted by atomic mass is 10.1. The van der Waals surface area contributed by atoms with Gasteiger partial charge in [-0.05, 0) is 37.5 Å². The van der Waals surface area contributed by atoms with Crippen molar-refractivity contribution >= 4 is 11.6 Å². The summed E-state index contributed by atoms with van der Waals surface area (Å²) >= 11 is 5.60. The third-order valence-corrected chi connectivity index (χ3v) is 2.97. The van der Waals surface area contributed by atoms with E-state index in [-0.39, 0.29) is 6.10 Å². The van der Waals surface area contributed by atoms with Gasteiger partial charge in [-0.2, -0.15) is 0 Å². The van der Waals surface area contributed by atoms with E-state index in [1.54, 1.807) is 0 Å². The van der Waals surface area contributed by atoms with E-state index in [2.05, 4.69) is 11.8 Å². The van der Waals surface area contributed by atoms with Crippen molar-refractivity contribution in [1.29, 1.82) is 0 Å². The maximum atomic E-state index is 5.97. The van der Waals surface area contributed by atoms with E-state index >= 15 is 0 Å². The highest BCUT2D eigenvalue weighted by Gasteiger charge is 2.16. The molecule has 0 aromatic heterocycles. The molecule has 0 aliphatic carbocycles. The zero-order valence-corrected chi connectivity index (χ0v) is 11.3. The molecule has 1 aromatic carbocycles. The van der Waals surface area contributed by atoms with Crippen LogP contribution in [0.4, 0.5) is 0 Å². The number of hydrogen-bond donors (Lipinski definition) is 0. The number of hydrogen-bond acceptors (Lipinski definition) is 2. The summed E-state index contributed by atoms with van der Waals surface area (Å²) in [5.74, 6) is 7.08. The van der Waals surface area contributed by atoms with Gasteiger partial charge in [0, 0.05) is 6.61 Å². The molecule has 1 heterocycles. The number of ether oxygens (including phenoxy) is 2. The zero-order chi connectivity index (χ0) is 12.8. The Labute approximate surface area is 113 Å². The average molecular weight is 265 g/mol. The fraction of sp³-hybridized carbons (Fsp3) is 0.467. The quantitative estimate of drug-likeness (QED) is 0.604. The van der Waals surface area contributed by atoms with Gasteiger partial charge in [-0.3, -0.25) is 0 Å². The molecule has 1 saturated heterocycles. The monoisotopic (exact) mass is 264 g/mol. The molecule has 0 N–H and O–H groups in total. The molecule has 2 nitrogen and oxygen atoms in total. The Hall–Kier alpha value is -1.17. The molecule has 18 heavy (non-hydrogen) atoms. The maximum absolute atomic E-state index is 5.97. The first kappa shape index (κ1) is 13.3. The Bertz CT molecular complexity index is 453. The molecule has 1 fully saturated rings. The predicted molar refractivity (Wildman–Crippen MR) is 73.2 cm³/mol. The molecule has 96 valence electrons. The molecular weight excluding hydrogens is 248 g/mol. The van der Waals surface area contributed by atoms with Crippen molar-refractivity contribution in [2.45, 2.75) is 25.9 Å². The zero-order valence-electron chi connectivity index (χ0n) is 10.5. The van der Waals surface area contributed by atoms with E-state index in [0.717, 1.165) is 30.8 Å². The number of halogens is 1. The second-order valence-corrected chi connectivity index (χ2v) is 4.66. The van der Waals surface area contributed by atoms with Crippen LogP contribution in [0.5, 0.6) is 5.75 Å². The smallest absolute Gasteiger partial charge is 0.135 e. The van der Waals surface area contributed by atoms with Crippen molar-refractivity contribution in [2.75, 3.05) is 19.1 Å². The first-order valence-corrected chi connectivity index (χ1v) is 6.73. The van der Waals surface area contributed by atoms with Crippen molar-refractivity contribution in [2.24, 2.45) is 0 Å². The summed E-state index contributed by atoms with van der Waals surface area (Å²) in [6.07, 6.45) is 2.23. The highest BCUT2D eigenvalue weighted by atomic mass is 35.5. The van der Waals surface area contributed by atoms with Crippen LogP contribution in [-0.4, -0.2) is 25.2 Å². The van der Waals surface area contributed by atoms with Crippen LogP contribution >= 0.6 is 11.6 Å². The Morgan fingerprint density at radius 2 is 2.39 bits per heavy atom. The molecule has 1 aliphatic rings. The van der Waals surface area contributed by atoms with E-state index in [1.807, 2.05) is 25.1 Å². The summed E-state index contributed by atoms with van der Waals surface area (Å²) < 4.78 is 11.4. The summed E-state index contributed by atoms with van der Waals surface area (Å²) in [5.41, 5.74) is 2.07. The highest BCUT2D eigenvalue weighted by molar-refractivity contribution is 6.19. The van der Waals surface area contributed by atoms with Crippen LogP contribution in [0.25, 0.3) is 0 Å². The molecule has 0 radical (unpaired) electrons. The minimum absolute atomic E-state index is 0.137. The summed E-state index contributed by atoms with van der Waals surface area (Å²) in [4.78, 5) is 0. The molecule has 1 unspecified atom stereocenters. The summed E-state index contributed by atoms with van der Waals surface area (Å²) in [7, 11) is 0. The van der Waals surface area contributed by atoms with Gasteiger partial charge in [0.2, 0.25) is 0 Å². The molecule has 0 bridgehead atoms. The van der Waals surface area contributed by atoms with Crippen LogP contribution in [-0.2, 0) is 4.74 Å². The summed E-state index contributed by atoms with van der Waals surface area (Å²) in [5, 5.41) is 0. The molecule has 0 spiro atoms. The molecule has 1 aliphatic heterocycles. The highest BCUT2D eigenvalue weighted by Crippen LogP contribution is 2.22. The van der Waals surface area contributed by atoms with E-state index in [9.17, 15) is 0 Å². The van der Waals surface area contributed by atoms with Crippen LogP contribution in [0.1, 0.15) is 24.0 Å². The van der Waals surface area contributed by atoms with Gasteiger partial charge in [0.25, 0.3) is 0 Å². The molecule has 1 aromatic rings. The second kappa shape index (κ2) is 6.68. The SMILES string of the molecule is Cc1ccc(OC2CCCOC2)c(C#CCCl)c1. The van der Waals surface area contributed by atoms with E-state index < -0.39 is 0 Å². The van der Waals surface area contributed by atoms with Crippen LogP contribution in [0.3, 0.4) is 0 Å². The van der Waals surface area contributed by atoms with Gasteiger partial charge >= 0.3 is 0 Å². The lowest BCUT2D eigenvalue weighted by molar-refractivity contribution is 0.00731. The van der Waals surface area contributed by atoms with Crippen LogP contribution in [0, 0.1) is 18.8 Å². The largest absolute Gasteiger partial charge is 0.487 e. The van der Waals surface area contributed by atoms with Crippen LogP contribution in [0.2, 0.25) is 0 Å². The van der Waals surface area contributed by atoms with Gasteiger partial charge in [-0.25, -0.2) is 0 Å².